The Morgan fingerprint density at radius 3 is 2.04 bits per heavy atom. The Bertz CT molecular complexity index is 1690. The lowest BCUT2D eigenvalue weighted by Crippen LogP contribution is -2.55. The normalized spacial score (nSPS) is 14.3. The van der Waals surface area contributed by atoms with Gasteiger partial charge in [-0.25, -0.2) is 8.42 Å². The fourth-order valence-electron chi connectivity index (χ4n) is 5.85. The SMILES string of the molecule is Cc1ccc(S(=O)(=O)N(CC(=O)N(Cc2ccc(Cl)cc2)C(Cc2ccccc2)C(=O)NC2CCCCC2)c2ccccc2)cc1. The lowest BCUT2D eigenvalue weighted by atomic mass is 9.94. The average Bonchev–Trinajstić information content (AvgIpc) is 3.07. The largest absolute Gasteiger partial charge is 0.352 e. The van der Waals surface area contributed by atoms with Gasteiger partial charge < -0.3 is 10.2 Å². The van der Waals surface area contributed by atoms with Crippen molar-refractivity contribution in [1.29, 1.82) is 0 Å². The highest BCUT2D eigenvalue weighted by atomic mass is 35.5. The number of halogens is 1. The second-order valence-corrected chi connectivity index (χ2v) is 14.2. The van der Waals surface area contributed by atoms with E-state index >= 15 is 0 Å². The zero-order valence-corrected chi connectivity index (χ0v) is 27.6. The second kappa shape index (κ2) is 15.4. The summed E-state index contributed by atoms with van der Waals surface area (Å²) in [5, 5.41) is 3.78. The summed E-state index contributed by atoms with van der Waals surface area (Å²) in [5.41, 5.74) is 2.94. The van der Waals surface area contributed by atoms with Gasteiger partial charge in [0.2, 0.25) is 11.8 Å². The van der Waals surface area contributed by atoms with E-state index in [1.165, 1.54) is 4.90 Å². The fourth-order valence-corrected chi connectivity index (χ4v) is 7.39. The number of rotatable bonds is 12. The summed E-state index contributed by atoms with van der Waals surface area (Å²) >= 11 is 6.18. The van der Waals surface area contributed by atoms with Crippen molar-refractivity contribution in [3.05, 3.63) is 131 Å². The van der Waals surface area contributed by atoms with E-state index < -0.39 is 28.5 Å². The molecule has 4 aromatic carbocycles. The third kappa shape index (κ3) is 8.56. The maximum atomic E-state index is 14.6. The van der Waals surface area contributed by atoms with Gasteiger partial charge in [0.25, 0.3) is 10.0 Å². The third-order valence-corrected chi connectivity index (χ3v) is 10.5. The Hall–Kier alpha value is -4.14. The molecule has 0 radical (unpaired) electrons. The van der Waals surface area contributed by atoms with Crippen molar-refractivity contribution in [2.24, 2.45) is 0 Å². The predicted octanol–water partition coefficient (Wildman–Crippen LogP) is 6.93. The van der Waals surface area contributed by atoms with E-state index in [0.717, 1.165) is 53.1 Å². The number of hydrogen-bond donors (Lipinski definition) is 1. The topological polar surface area (TPSA) is 86.8 Å². The van der Waals surface area contributed by atoms with E-state index in [1.807, 2.05) is 49.4 Å². The summed E-state index contributed by atoms with van der Waals surface area (Å²) in [7, 11) is -4.14. The van der Waals surface area contributed by atoms with Crippen LogP contribution in [0, 0.1) is 6.92 Å². The molecule has 9 heteroatoms. The van der Waals surface area contributed by atoms with Gasteiger partial charge >= 0.3 is 0 Å². The van der Waals surface area contributed by atoms with Crippen LogP contribution in [0.25, 0.3) is 0 Å². The van der Waals surface area contributed by atoms with Crippen molar-refractivity contribution < 1.29 is 18.0 Å². The van der Waals surface area contributed by atoms with Crippen molar-refractivity contribution in [2.75, 3.05) is 10.8 Å². The van der Waals surface area contributed by atoms with Crippen LogP contribution in [0.4, 0.5) is 5.69 Å². The number of anilines is 1. The molecule has 1 atom stereocenters. The van der Waals surface area contributed by atoms with Crippen LogP contribution in [0.5, 0.6) is 0 Å². The number of hydrogen-bond acceptors (Lipinski definition) is 4. The Morgan fingerprint density at radius 1 is 0.804 bits per heavy atom. The van der Waals surface area contributed by atoms with Gasteiger partial charge in [-0.2, -0.15) is 0 Å². The van der Waals surface area contributed by atoms with Crippen LogP contribution in [0.15, 0.2) is 114 Å². The average molecular weight is 658 g/mol. The van der Waals surface area contributed by atoms with Crippen LogP contribution in [0.3, 0.4) is 0 Å². The molecule has 0 spiro atoms. The summed E-state index contributed by atoms with van der Waals surface area (Å²) in [6.07, 6.45) is 5.30. The number of para-hydroxylation sites is 1. The number of sulfonamides is 1. The van der Waals surface area contributed by atoms with Crippen molar-refractivity contribution in [3.63, 3.8) is 0 Å². The molecule has 4 aromatic rings. The molecule has 5 rings (SSSR count). The first-order valence-corrected chi connectivity index (χ1v) is 17.6. The van der Waals surface area contributed by atoms with Gasteiger partial charge in [0.05, 0.1) is 10.6 Å². The van der Waals surface area contributed by atoms with Crippen LogP contribution in [0.1, 0.15) is 48.8 Å². The third-order valence-electron chi connectivity index (χ3n) is 8.42. The maximum Gasteiger partial charge on any atom is 0.264 e. The molecule has 1 aliphatic carbocycles. The summed E-state index contributed by atoms with van der Waals surface area (Å²) < 4.78 is 29.4. The fraction of sp³-hybridized carbons (Fsp3) is 0.297. The number of benzene rings is 4. The molecular formula is C37H40ClN3O4S. The van der Waals surface area contributed by atoms with E-state index in [4.69, 9.17) is 11.6 Å². The highest BCUT2D eigenvalue weighted by Crippen LogP contribution is 2.26. The van der Waals surface area contributed by atoms with Crippen LogP contribution in [-0.4, -0.2) is 43.8 Å². The summed E-state index contributed by atoms with van der Waals surface area (Å²) in [5.74, 6) is -0.736. The molecule has 1 saturated carbocycles. The van der Waals surface area contributed by atoms with E-state index in [-0.39, 0.29) is 29.8 Å². The number of aryl methyl sites for hydroxylation is 1. The molecule has 7 nitrogen and oxygen atoms in total. The Kier molecular flexibility index (Phi) is 11.1. The number of nitrogens with zero attached hydrogens (tertiary/aromatic N) is 2. The van der Waals surface area contributed by atoms with E-state index in [2.05, 4.69) is 5.32 Å². The van der Waals surface area contributed by atoms with Gasteiger partial charge in [-0.1, -0.05) is 109 Å². The summed E-state index contributed by atoms with van der Waals surface area (Å²) in [6.45, 7) is 1.49. The maximum absolute atomic E-state index is 14.6. The second-order valence-electron chi connectivity index (χ2n) is 11.9. The number of carbonyl (C=O) groups is 2. The molecule has 1 fully saturated rings. The summed E-state index contributed by atoms with van der Waals surface area (Å²) in [6, 6.07) is 31.0. The molecule has 240 valence electrons. The van der Waals surface area contributed by atoms with E-state index in [0.29, 0.717) is 10.7 Å². The van der Waals surface area contributed by atoms with Crippen molar-refractivity contribution in [1.82, 2.24) is 10.2 Å². The van der Waals surface area contributed by atoms with Crippen LogP contribution in [-0.2, 0) is 32.6 Å². The van der Waals surface area contributed by atoms with Crippen molar-refractivity contribution in [2.45, 2.75) is 69.0 Å². The van der Waals surface area contributed by atoms with Crippen molar-refractivity contribution >= 4 is 39.1 Å². The van der Waals surface area contributed by atoms with Gasteiger partial charge in [-0.05, 0) is 67.3 Å². The standard InChI is InChI=1S/C37H40ClN3O4S/c1-28-17-23-34(24-18-28)46(44,45)41(33-15-9-4-10-16-33)27-36(42)40(26-30-19-21-31(38)22-20-30)35(25-29-11-5-2-6-12-29)37(43)39-32-13-7-3-8-14-32/h2,4-6,9-12,15-24,32,35H,3,7-8,13-14,25-27H2,1H3,(H,39,43). The highest BCUT2D eigenvalue weighted by Gasteiger charge is 2.35. The number of nitrogens with one attached hydrogen (secondary N) is 1. The Balaban J connectivity index is 1.54. The number of carbonyl (C=O) groups excluding carboxylic acids is 2. The number of amides is 2. The molecule has 0 saturated heterocycles. The highest BCUT2D eigenvalue weighted by molar-refractivity contribution is 7.92. The Morgan fingerprint density at radius 2 is 1.41 bits per heavy atom. The molecule has 0 aliphatic heterocycles. The quantitative estimate of drug-likeness (QED) is 0.179. The summed E-state index contributed by atoms with van der Waals surface area (Å²) in [4.78, 5) is 30.3. The minimum atomic E-state index is -4.14. The van der Waals surface area contributed by atoms with Gasteiger partial charge in [0, 0.05) is 24.0 Å². The van der Waals surface area contributed by atoms with E-state index in [1.54, 1.807) is 66.7 Å². The zero-order valence-electron chi connectivity index (χ0n) is 26.0. The van der Waals surface area contributed by atoms with Crippen LogP contribution >= 0.6 is 11.6 Å². The van der Waals surface area contributed by atoms with Gasteiger partial charge in [-0.3, -0.25) is 13.9 Å². The van der Waals surface area contributed by atoms with Crippen LogP contribution < -0.4 is 9.62 Å². The monoisotopic (exact) mass is 657 g/mol. The van der Waals surface area contributed by atoms with Crippen LogP contribution in [0.2, 0.25) is 5.02 Å². The van der Waals surface area contributed by atoms with Gasteiger partial charge in [-0.15, -0.1) is 0 Å². The minimum absolute atomic E-state index is 0.0368. The molecule has 46 heavy (non-hydrogen) atoms. The molecule has 2 amide bonds. The van der Waals surface area contributed by atoms with Gasteiger partial charge in [0.1, 0.15) is 12.6 Å². The molecule has 0 heterocycles. The molecule has 1 aliphatic rings. The minimum Gasteiger partial charge on any atom is -0.352 e. The molecule has 1 N–H and O–H groups in total. The molecule has 1 unspecified atom stereocenters. The first-order valence-electron chi connectivity index (χ1n) is 15.7. The first-order chi connectivity index (χ1) is 22.2. The van der Waals surface area contributed by atoms with E-state index in [9.17, 15) is 18.0 Å². The molecular weight excluding hydrogens is 618 g/mol. The first kappa shape index (κ1) is 33.2. The lowest BCUT2D eigenvalue weighted by molar-refractivity contribution is -0.140. The Labute approximate surface area is 277 Å². The molecule has 0 bridgehead atoms. The van der Waals surface area contributed by atoms with Crippen molar-refractivity contribution in [3.8, 4) is 0 Å². The lowest BCUT2D eigenvalue weighted by Gasteiger charge is -2.35. The predicted molar refractivity (Wildman–Crippen MR) is 183 cm³/mol. The smallest absolute Gasteiger partial charge is 0.264 e. The molecule has 0 aromatic heterocycles. The van der Waals surface area contributed by atoms with Gasteiger partial charge in [0.15, 0.2) is 0 Å². The zero-order chi connectivity index (χ0) is 32.5.